The molecule has 7 heteroatoms. The van der Waals surface area contributed by atoms with E-state index in [1.54, 1.807) is 0 Å². The molecule has 1 N–H and O–H groups in total. The maximum atomic E-state index is 13.8. The molecular formula is C27H27N3O4. The van der Waals surface area contributed by atoms with E-state index in [1.165, 1.54) is 4.90 Å². The number of rotatable bonds is 7. The summed E-state index contributed by atoms with van der Waals surface area (Å²) < 4.78 is 11.3. The van der Waals surface area contributed by atoms with Crippen LogP contribution in [-0.4, -0.2) is 48.7 Å². The Balaban J connectivity index is 1.36. The number of benzene rings is 3. The first kappa shape index (κ1) is 22.0. The molecule has 0 unspecified atom stereocenters. The van der Waals surface area contributed by atoms with Gasteiger partial charge in [0, 0.05) is 13.0 Å². The smallest absolute Gasteiger partial charge is 0.326 e. The van der Waals surface area contributed by atoms with Gasteiger partial charge in [-0.25, -0.2) is 9.69 Å². The molecule has 0 bridgehead atoms. The third-order valence-electron chi connectivity index (χ3n) is 6.20. The highest BCUT2D eigenvalue weighted by atomic mass is 16.6. The summed E-state index contributed by atoms with van der Waals surface area (Å²) in [6, 6.07) is 24.6. The first-order valence-corrected chi connectivity index (χ1v) is 11.4. The number of nitrogens with zero attached hydrogens (tertiary/aromatic N) is 2. The lowest BCUT2D eigenvalue weighted by Gasteiger charge is -2.28. The fraction of sp³-hybridized carbons (Fsp3) is 0.259. The molecule has 5 rings (SSSR count). The molecule has 3 aromatic rings. The monoisotopic (exact) mass is 457 g/mol. The van der Waals surface area contributed by atoms with Crippen LogP contribution in [0.5, 0.6) is 11.5 Å². The van der Waals surface area contributed by atoms with Crippen LogP contribution in [0.15, 0.2) is 78.9 Å². The van der Waals surface area contributed by atoms with Crippen molar-refractivity contribution >= 4 is 11.9 Å². The third kappa shape index (κ3) is 4.22. The van der Waals surface area contributed by atoms with E-state index in [-0.39, 0.29) is 18.6 Å². The molecule has 3 aromatic carbocycles. The van der Waals surface area contributed by atoms with Gasteiger partial charge in [-0.15, -0.1) is 0 Å². The number of carbonyl (C=O) groups excluding carboxylic acids is 2. The minimum Gasteiger partial charge on any atom is -0.486 e. The van der Waals surface area contributed by atoms with E-state index in [4.69, 9.17) is 9.47 Å². The summed E-state index contributed by atoms with van der Waals surface area (Å²) in [5.41, 5.74) is 1.62. The van der Waals surface area contributed by atoms with Crippen molar-refractivity contribution in [3.63, 3.8) is 0 Å². The van der Waals surface area contributed by atoms with Crippen LogP contribution in [0.2, 0.25) is 0 Å². The molecule has 2 aliphatic rings. The number of imide groups is 1. The molecule has 1 atom stereocenters. The van der Waals surface area contributed by atoms with Gasteiger partial charge in [-0.2, -0.15) is 0 Å². The second kappa shape index (κ2) is 9.19. The van der Waals surface area contributed by atoms with Crippen molar-refractivity contribution in [1.29, 1.82) is 0 Å². The molecule has 0 aromatic heterocycles. The lowest BCUT2D eigenvalue weighted by Crippen LogP contribution is -2.46. The molecule has 174 valence electrons. The number of ether oxygens (including phenoxy) is 2. The Morgan fingerprint density at radius 1 is 0.882 bits per heavy atom. The maximum absolute atomic E-state index is 13.8. The van der Waals surface area contributed by atoms with Crippen molar-refractivity contribution in [2.75, 3.05) is 26.9 Å². The second-order valence-electron chi connectivity index (χ2n) is 8.73. The van der Waals surface area contributed by atoms with E-state index in [0.29, 0.717) is 26.2 Å². The highest BCUT2D eigenvalue weighted by molar-refractivity contribution is 6.07. The fourth-order valence-electron chi connectivity index (χ4n) is 4.59. The lowest BCUT2D eigenvalue weighted by molar-refractivity contribution is -0.133. The molecular weight excluding hydrogens is 430 g/mol. The summed E-state index contributed by atoms with van der Waals surface area (Å²) in [7, 11) is 1.89. The van der Waals surface area contributed by atoms with Crippen LogP contribution in [0.4, 0.5) is 4.79 Å². The van der Waals surface area contributed by atoms with Gasteiger partial charge in [-0.05, 0) is 35.9 Å². The molecule has 3 amide bonds. The van der Waals surface area contributed by atoms with Crippen LogP contribution in [0.1, 0.15) is 16.7 Å². The number of amides is 3. The Labute approximate surface area is 198 Å². The van der Waals surface area contributed by atoms with Gasteiger partial charge in [0.2, 0.25) is 0 Å². The summed E-state index contributed by atoms with van der Waals surface area (Å²) in [6.45, 7) is 1.79. The van der Waals surface area contributed by atoms with Gasteiger partial charge >= 0.3 is 6.03 Å². The predicted molar refractivity (Wildman–Crippen MR) is 127 cm³/mol. The van der Waals surface area contributed by atoms with E-state index in [0.717, 1.165) is 28.2 Å². The van der Waals surface area contributed by atoms with Crippen molar-refractivity contribution < 1.29 is 19.1 Å². The summed E-state index contributed by atoms with van der Waals surface area (Å²) in [4.78, 5) is 30.1. The van der Waals surface area contributed by atoms with Crippen molar-refractivity contribution in [3.05, 3.63) is 95.6 Å². The van der Waals surface area contributed by atoms with Crippen LogP contribution in [0.3, 0.4) is 0 Å². The van der Waals surface area contributed by atoms with Crippen LogP contribution >= 0.6 is 0 Å². The predicted octanol–water partition coefficient (Wildman–Crippen LogP) is 3.54. The molecule has 0 spiro atoms. The van der Waals surface area contributed by atoms with Gasteiger partial charge in [-0.3, -0.25) is 9.69 Å². The number of carbonyl (C=O) groups is 2. The lowest BCUT2D eigenvalue weighted by atomic mass is 9.83. The summed E-state index contributed by atoms with van der Waals surface area (Å²) in [5.74, 6) is 1.21. The topological polar surface area (TPSA) is 71.1 Å². The first-order chi connectivity index (χ1) is 16.5. The van der Waals surface area contributed by atoms with E-state index >= 15 is 0 Å². The number of fused-ring (bicyclic) bond motifs is 1. The number of nitrogens with one attached hydrogen (secondary N) is 1. The molecule has 1 fully saturated rings. The van der Waals surface area contributed by atoms with Gasteiger partial charge < -0.3 is 14.8 Å². The molecule has 1 saturated heterocycles. The van der Waals surface area contributed by atoms with Gasteiger partial charge in [-0.1, -0.05) is 66.7 Å². The van der Waals surface area contributed by atoms with Crippen molar-refractivity contribution in [2.45, 2.75) is 18.5 Å². The van der Waals surface area contributed by atoms with Crippen molar-refractivity contribution in [2.24, 2.45) is 0 Å². The largest absolute Gasteiger partial charge is 0.486 e. The number of hydrogen-bond acceptors (Lipinski definition) is 5. The van der Waals surface area contributed by atoms with E-state index < -0.39 is 5.54 Å². The highest BCUT2D eigenvalue weighted by Gasteiger charge is 2.52. The fourth-order valence-corrected chi connectivity index (χ4v) is 4.59. The molecule has 0 saturated carbocycles. The van der Waals surface area contributed by atoms with Gasteiger partial charge in [0.05, 0.1) is 6.67 Å². The van der Waals surface area contributed by atoms with E-state index in [9.17, 15) is 9.59 Å². The highest BCUT2D eigenvalue weighted by Crippen LogP contribution is 2.34. The average Bonchev–Trinajstić information content (AvgIpc) is 3.10. The van der Waals surface area contributed by atoms with Crippen LogP contribution < -0.4 is 14.8 Å². The average molecular weight is 458 g/mol. The minimum absolute atomic E-state index is 0.169. The van der Waals surface area contributed by atoms with Gasteiger partial charge in [0.25, 0.3) is 5.91 Å². The molecule has 2 aliphatic heterocycles. The number of hydrogen-bond donors (Lipinski definition) is 1. The number of urea groups is 1. The van der Waals surface area contributed by atoms with Crippen LogP contribution in [-0.2, 0) is 23.3 Å². The zero-order valence-electron chi connectivity index (χ0n) is 19.1. The van der Waals surface area contributed by atoms with Crippen LogP contribution in [0.25, 0.3) is 0 Å². The third-order valence-corrected chi connectivity index (χ3v) is 6.20. The van der Waals surface area contributed by atoms with Gasteiger partial charge in [0.15, 0.2) is 17.0 Å². The molecule has 0 aliphatic carbocycles. The Kier molecular flexibility index (Phi) is 5.94. The van der Waals surface area contributed by atoms with Crippen LogP contribution in [0, 0.1) is 0 Å². The zero-order valence-corrected chi connectivity index (χ0v) is 19.1. The first-order valence-electron chi connectivity index (χ1n) is 11.4. The summed E-state index contributed by atoms with van der Waals surface area (Å²) >= 11 is 0. The normalized spacial score (nSPS) is 19.4. The summed E-state index contributed by atoms with van der Waals surface area (Å²) in [5, 5.41) is 3.02. The Bertz CT molecular complexity index is 1180. The Morgan fingerprint density at radius 3 is 2.29 bits per heavy atom. The summed E-state index contributed by atoms with van der Waals surface area (Å²) in [6.07, 6.45) is 0.380. The van der Waals surface area contributed by atoms with Gasteiger partial charge in [0.1, 0.15) is 13.2 Å². The van der Waals surface area contributed by atoms with Crippen molar-refractivity contribution in [3.8, 4) is 11.5 Å². The van der Waals surface area contributed by atoms with Crippen molar-refractivity contribution in [1.82, 2.24) is 15.1 Å². The minimum atomic E-state index is -1.14. The van der Waals surface area contributed by atoms with E-state index in [1.807, 2.05) is 90.8 Å². The molecule has 34 heavy (non-hydrogen) atoms. The quantitative estimate of drug-likeness (QED) is 0.550. The second-order valence-corrected chi connectivity index (χ2v) is 8.73. The molecule has 0 radical (unpaired) electrons. The SMILES string of the molecule is CN(Cc1ccc2c(c1)OCCO2)CN1C(=O)N[C@](Cc2ccccc2)(c2ccccc2)C1=O. The molecule has 7 nitrogen and oxygen atoms in total. The molecule has 2 heterocycles. The van der Waals surface area contributed by atoms with E-state index in [2.05, 4.69) is 5.32 Å². The Morgan fingerprint density at radius 2 is 1.56 bits per heavy atom. The Hall–Kier alpha value is -3.84. The zero-order chi connectivity index (χ0) is 23.5. The standard InChI is InChI=1S/C27H27N3O4/c1-29(18-21-12-13-23-24(16-21)34-15-14-33-23)19-30-25(31)27(28-26(30)32,22-10-6-3-7-11-22)17-20-8-4-2-5-9-20/h2-13,16H,14-15,17-19H2,1H3,(H,28,32)/t27-/m1/s1. The maximum Gasteiger partial charge on any atom is 0.326 e.